The van der Waals surface area contributed by atoms with Gasteiger partial charge in [0, 0.05) is 32.4 Å². The van der Waals surface area contributed by atoms with E-state index in [-0.39, 0.29) is 11.7 Å². The van der Waals surface area contributed by atoms with Crippen LogP contribution in [0.15, 0.2) is 48.7 Å². The fraction of sp³-hybridized carbons (Fsp3) is 0.333. The molecule has 0 saturated carbocycles. The Hall–Kier alpha value is -2.25. The number of benzene rings is 1. The summed E-state index contributed by atoms with van der Waals surface area (Å²) in [4.78, 5) is 18.1. The molecule has 0 N–H and O–H groups in total. The fourth-order valence-corrected chi connectivity index (χ4v) is 4.50. The average molecular weight is 359 g/mol. The summed E-state index contributed by atoms with van der Waals surface area (Å²) in [6.07, 6.45) is 1.58. The molecule has 1 amide bonds. The Balaban J connectivity index is 1.63. The van der Waals surface area contributed by atoms with E-state index >= 15 is 0 Å². The van der Waals surface area contributed by atoms with Gasteiger partial charge < -0.3 is 4.90 Å². The van der Waals surface area contributed by atoms with Crippen LogP contribution in [0.1, 0.15) is 21.6 Å². The topological polar surface area (TPSA) is 70.6 Å². The molecule has 3 rings (SSSR count). The number of pyridine rings is 1. The Morgan fingerprint density at radius 3 is 2.36 bits per heavy atom. The molecule has 0 radical (unpaired) electrons. The Labute approximate surface area is 148 Å². The summed E-state index contributed by atoms with van der Waals surface area (Å²) < 4.78 is 26.8. The van der Waals surface area contributed by atoms with Gasteiger partial charge in [0.15, 0.2) is 0 Å². The van der Waals surface area contributed by atoms with Crippen molar-refractivity contribution in [3.63, 3.8) is 0 Å². The predicted octanol–water partition coefficient (Wildman–Crippen LogP) is 1.68. The van der Waals surface area contributed by atoms with Crippen molar-refractivity contribution in [3.05, 3.63) is 65.5 Å². The highest BCUT2D eigenvalue weighted by Gasteiger charge is 2.29. The summed E-state index contributed by atoms with van der Waals surface area (Å²) in [5.41, 5.74) is 2.17. The summed E-state index contributed by atoms with van der Waals surface area (Å²) >= 11 is 0. The van der Waals surface area contributed by atoms with Gasteiger partial charge in [-0.1, -0.05) is 30.3 Å². The summed E-state index contributed by atoms with van der Waals surface area (Å²) in [5, 5.41) is 0. The Morgan fingerprint density at radius 2 is 1.72 bits per heavy atom. The smallest absolute Gasteiger partial charge is 0.272 e. The second kappa shape index (κ2) is 7.33. The van der Waals surface area contributed by atoms with Crippen LogP contribution in [-0.2, 0) is 15.8 Å². The maximum atomic E-state index is 12.7. The minimum atomic E-state index is -3.39. The van der Waals surface area contributed by atoms with Gasteiger partial charge >= 0.3 is 0 Å². The maximum Gasteiger partial charge on any atom is 0.272 e. The molecule has 0 unspecified atom stereocenters. The van der Waals surface area contributed by atoms with Gasteiger partial charge in [-0.3, -0.25) is 9.78 Å². The van der Waals surface area contributed by atoms with Crippen LogP contribution in [0, 0.1) is 6.92 Å². The fourth-order valence-electron chi connectivity index (χ4n) is 2.88. The number of carbonyl (C=O) groups excluding carboxylic acids is 1. The Bertz CT molecular complexity index is 845. The van der Waals surface area contributed by atoms with Crippen LogP contribution in [0.25, 0.3) is 0 Å². The number of aromatic nitrogens is 1. The lowest BCUT2D eigenvalue weighted by Gasteiger charge is -2.34. The molecule has 1 aliphatic heterocycles. The number of rotatable bonds is 4. The number of hydrogen-bond donors (Lipinski definition) is 0. The number of aryl methyl sites for hydroxylation is 1. The van der Waals surface area contributed by atoms with Crippen molar-refractivity contribution >= 4 is 15.9 Å². The van der Waals surface area contributed by atoms with E-state index in [4.69, 9.17) is 0 Å². The van der Waals surface area contributed by atoms with Crippen LogP contribution in [-0.4, -0.2) is 54.7 Å². The summed E-state index contributed by atoms with van der Waals surface area (Å²) in [6.45, 7) is 3.29. The van der Waals surface area contributed by atoms with Crippen molar-refractivity contribution in [2.24, 2.45) is 0 Å². The van der Waals surface area contributed by atoms with Crippen molar-refractivity contribution in [3.8, 4) is 0 Å². The lowest BCUT2D eigenvalue weighted by atomic mass is 10.1. The predicted molar refractivity (Wildman–Crippen MR) is 95.5 cm³/mol. The van der Waals surface area contributed by atoms with Gasteiger partial charge in [0.25, 0.3) is 5.91 Å². The second-order valence-corrected chi connectivity index (χ2v) is 8.06. The third-order valence-electron chi connectivity index (χ3n) is 4.40. The van der Waals surface area contributed by atoms with E-state index in [1.54, 1.807) is 29.3 Å². The van der Waals surface area contributed by atoms with E-state index in [1.165, 1.54) is 4.31 Å². The van der Waals surface area contributed by atoms with E-state index in [9.17, 15) is 13.2 Å². The molecule has 6 nitrogen and oxygen atoms in total. The molecule has 0 aliphatic carbocycles. The second-order valence-electron chi connectivity index (χ2n) is 6.09. The van der Waals surface area contributed by atoms with Crippen LogP contribution < -0.4 is 0 Å². The molecule has 7 heteroatoms. The molecular formula is C18H21N3O3S. The standard InChI is InChI=1S/C18H21N3O3S/c1-15-6-2-3-7-16(15)14-25(23,24)21-12-10-20(11-13-21)18(22)17-8-4-5-9-19-17/h2-9H,10-14H2,1H3. The monoisotopic (exact) mass is 359 g/mol. The molecule has 2 aromatic rings. The molecule has 1 aromatic heterocycles. The first kappa shape index (κ1) is 17.6. The van der Waals surface area contributed by atoms with Crippen molar-refractivity contribution in [2.45, 2.75) is 12.7 Å². The van der Waals surface area contributed by atoms with E-state index in [2.05, 4.69) is 4.98 Å². The van der Waals surface area contributed by atoms with Crippen LogP contribution in [0.5, 0.6) is 0 Å². The number of carbonyl (C=O) groups is 1. The van der Waals surface area contributed by atoms with Crippen molar-refractivity contribution < 1.29 is 13.2 Å². The van der Waals surface area contributed by atoms with Gasteiger partial charge in [-0.2, -0.15) is 4.31 Å². The highest BCUT2D eigenvalue weighted by molar-refractivity contribution is 7.88. The number of piperazine rings is 1. The lowest BCUT2D eigenvalue weighted by Crippen LogP contribution is -2.50. The zero-order chi connectivity index (χ0) is 17.9. The van der Waals surface area contributed by atoms with Crippen LogP contribution in [0.3, 0.4) is 0 Å². The van der Waals surface area contributed by atoms with Gasteiger partial charge in [0.1, 0.15) is 5.69 Å². The first-order chi connectivity index (χ1) is 12.0. The third-order valence-corrected chi connectivity index (χ3v) is 6.23. The van der Waals surface area contributed by atoms with E-state index in [0.717, 1.165) is 11.1 Å². The minimum absolute atomic E-state index is 0.00609. The Kier molecular flexibility index (Phi) is 5.15. The first-order valence-corrected chi connectivity index (χ1v) is 9.81. The zero-order valence-corrected chi connectivity index (χ0v) is 14.9. The average Bonchev–Trinajstić information content (AvgIpc) is 2.64. The molecule has 0 spiro atoms. The highest BCUT2D eigenvalue weighted by Crippen LogP contribution is 2.17. The number of nitrogens with zero attached hydrogens (tertiary/aromatic N) is 3. The normalized spacial score (nSPS) is 16.0. The SMILES string of the molecule is Cc1ccccc1CS(=O)(=O)N1CCN(C(=O)c2ccccn2)CC1. The third kappa shape index (κ3) is 4.05. The van der Waals surface area contributed by atoms with Crippen molar-refractivity contribution in [1.29, 1.82) is 0 Å². The molecule has 1 saturated heterocycles. The zero-order valence-electron chi connectivity index (χ0n) is 14.1. The van der Waals surface area contributed by atoms with E-state index in [0.29, 0.717) is 31.9 Å². The maximum absolute atomic E-state index is 12.7. The van der Waals surface area contributed by atoms with Gasteiger partial charge in [-0.25, -0.2) is 8.42 Å². The minimum Gasteiger partial charge on any atom is -0.335 e. The molecule has 2 heterocycles. The summed E-state index contributed by atoms with van der Waals surface area (Å²) in [5.74, 6) is -0.162. The Morgan fingerprint density at radius 1 is 1.04 bits per heavy atom. The van der Waals surface area contributed by atoms with Gasteiger partial charge in [-0.05, 0) is 30.2 Å². The van der Waals surface area contributed by atoms with Gasteiger partial charge in [0.05, 0.1) is 5.75 Å². The number of hydrogen-bond acceptors (Lipinski definition) is 4. The van der Waals surface area contributed by atoms with Crippen molar-refractivity contribution in [2.75, 3.05) is 26.2 Å². The van der Waals surface area contributed by atoms with E-state index in [1.807, 2.05) is 31.2 Å². The number of amides is 1. The molecule has 1 aromatic carbocycles. The van der Waals surface area contributed by atoms with Gasteiger partial charge in [-0.15, -0.1) is 0 Å². The largest absolute Gasteiger partial charge is 0.335 e. The molecule has 0 atom stereocenters. The number of sulfonamides is 1. The molecule has 25 heavy (non-hydrogen) atoms. The summed E-state index contributed by atoms with van der Waals surface area (Å²) in [6, 6.07) is 12.7. The quantitative estimate of drug-likeness (QED) is 0.833. The first-order valence-electron chi connectivity index (χ1n) is 8.20. The molecular weight excluding hydrogens is 338 g/mol. The molecule has 1 aliphatic rings. The van der Waals surface area contributed by atoms with Gasteiger partial charge in [0.2, 0.25) is 10.0 Å². The van der Waals surface area contributed by atoms with Crippen LogP contribution in [0.2, 0.25) is 0 Å². The molecule has 132 valence electrons. The molecule has 0 bridgehead atoms. The van der Waals surface area contributed by atoms with Crippen LogP contribution in [0.4, 0.5) is 0 Å². The summed E-state index contributed by atoms with van der Waals surface area (Å²) in [7, 11) is -3.39. The van der Waals surface area contributed by atoms with Crippen molar-refractivity contribution in [1.82, 2.24) is 14.2 Å². The highest BCUT2D eigenvalue weighted by atomic mass is 32.2. The van der Waals surface area contributed by atoms with E-state index < -0.39 is 10.0 Å². The molecule has 1 fully saturated rings. The lowest BCUT2D eigenvalue weighted by molar-refractivity contribution is 0.0692. The van der Waals surface area contributed by atoms with Crippen LogP contribution >= 0.6 is 0 Å².